The Morgan fingerprint density at radius 3 is 2.66 bits per heavy atom. The van der Waals surface area contributed by atoms with Crippen LogP contribution in [-0.4, -0.2) is 65.6 Å². The van der Waals surface area contributed by atoms with E-state index in [1.54, 1.807) is 6.07 Å². The smallest absolute Gasteiger partial charge is 0.249 e. The molecule has 184 valence electrons. The number of carbonyl (C=O) groups excluding carboxylic acids is 1. The van der Waals surface area contributed by atoms with Crippen molar-refractivity contribution in [2.45, 2.75) is 38.7 Å². The van der Waals surface area contributed by atoms with Gasteiger partial charge in [0.05, 0.1) is 12.3 Å². The average molecular weight is 477 g/mol. The predicted molar refractivity (Wildman–Crippen MR) is 136 cm³/mol. The van der Waals surface area contributed by atoms with Crippen LogP contribution in [0.2, 0.25) is 0 Å². The Balaban J connectivity index is 1.08. The van der Waals surface area contributed by atoms with E-state index in [1.807, 2.05) is 38.1 Å². The molecule has 2 aromatic heterocycles. The van der Waals surface area contributed by atoms with E-state index in [2.05, 4.69) is 25.8 Å². The van der Waals surface area contributed by atoms with E-state index in [4.69, 9.17) is 9.47 Å². The molecule has 0 spiro atoms. The van der Waals surface area contributed by atoms with E-state index in [0.717, 1.165) is 68.0 Å². The maximum atomic E-state index is 12.3. The maximum Gasteiger partial charge on any atom is 0.249 e. The fraction of sp³-hybridized carbons (Fsp3) is 0.444. The molecule has 0 bridgehead atoms. The molecule has 0 atom stereocenters. The predicted octanol–water partition coefficient (Wildman–Crippen LogP) is 3.19. The van der Waals surface area contributed by atoms with Crippen LogP contribution in [-0.2, 0) is 11.2 Å². The Labute approximate surface area is 204 Å². The van der Waals surface area contributed by atoms with Crippen LogP contribution in [0.5, 0.6) is 11.6 Å². The summed E-state index contributed by atoms with van der Waals surface area (Å²) in [5.74, 6) is 1.53. The van der Waals surface area contributed by atoms with Crippen molar-refractivity contribution in [3.05, 3.63) is 58.4 Å². The third-order valence-corrected chi connectivity index (χ3v) is 6.84. The van der Waals surface area contributed by atoms with Gasteiger partial charge in [-0.15, -0.1) is 0 Å². The van der Waals surface area contributed by atoms with Gasteiger partial charge < -0.3 is 19.4 Å². The van der Waals surface area contributed by atoms with Gasteiger partial charge in [0.15, 0.2) is 11.4 Å². The van der Waals surface area contributed by atoms with Gasteiger partial charge >= 0.3 is 0 Å². The standard InChI is InChI=1S/C27H32N4O4/c1-27(2)22(32)18-20-6-5-7-21(25(20)35-27)31-15-13-30(14-16-31)12-3-4-17-34-24-11-9-19-8-10-23(33)28-26(19)29-24/h5-11H,3-4,12-18H2,1-2H3,(H,28,29,33). The molecule has 8 heteroatoms. The first kappa shape index (κ1) is 23.4. The zero-order valence-electron chi connectivity index (χ0n) is 20.4. The first-order chi connectivity index (χ1) is 16.9. The molecule has 1 N–H and O–H groups in total. The van der Waals surface area contributed by atoms with Crippen LogP contribution in [0.15, 0.2) is 47.3 Å². The Morgan fingerprint density at radius 1 is 1.03 bits per heavy atom. The number of hydrogen-bond acceptors (Lipinski definition) is 7. The zero-order chi connectivity index (χ0) is 24.4. The average Bonchev–Trinajstić information content (AvgIpc) is 2.84. The second kappa shape index (κ2) is 9.70. The lowest BCUT2D eigenvalue weighted by molar-refractivity contribution is -0.132. The van der Waals surface area contributed by atoms with Gasteiger partial charge in [-0.1, -0.05) is 12.1 Å². The number of nitrogens with zero attached hydrogens (tertiary/aromatic N) is 3. The number of carbonyl (C=O) groups is 1. The molecule has 0 amide bonds. The summed E-state index contributed by atoms with van der Waals surface area (Å²) in [6, 6.07) is 13.1. The third-order valence-electron chi connectivity index (χ3n) is 6.84. The second-order valence-electron chi connectivity index (χ2n) is 9.77. The number of fused-ring (bicyclic) bond motifs is 2. The van der Waals surface area contributed by atoms with Crippen LogP contribution in [0, 0.1) is 0 Å². The number of anilines is 1. The van der Waals surface area contributed by atoms with Crippen molar-refractivity contribution in [2.75, 3.05) is 44.2 Å². The Kier molecular flexibility index (Phi) is 6.47. The van der Waals surface area contributed by atoms with Crippen LogP contribution in [0.4, 0.5) is 5.69 Å². The molecule has 5 rings (SSSR count). The Bertz CT molecular complexity index is 1280. The van der Waals surface area contributed by atoms with E-state index in [-0.39, 0.29) is 11.3 Å². The molecular weight excluding hydrogens is 444 g/mol. The lowest BCUT2D eigenvalue weighted by Gasteiger charge is -2.39. The number of nitrogens with one attached hydrogen (secondary N) is 1. The fourth-order valence-corrected chi connectivity index (χ4v) is 4.69. The maximum absolute atomic E-state index is 12.3. The van der Waals surface area contributed by atoms with Gasteiger partial charge in [-0.05, 0) is 51.4 Å². The van der Waals surface area contributed by atoms with Gasteiger partial charge in [-0.2, -0.15) is 4.98 Å². The minimum atomic E-state index is -0.771. The first-order valence-electron chi connectivity index (χ1n) is 12.3. The van der Waals surface area contributed by atoms with E-state index in [0.29, 0.717) is 24.6 Å². The number of hydrogen-bond donors (Lipinski definition) is 1. The summed E-state index contributed by atoms with van der Waals surface area (Å²) >= 11 is 0. The summed E-state index contributed by atoms with van der Waals surface area (Å²) in [6.07, 6.45) is 2.42. The Morgan fingerprint density at radius 2 is 1.83 bits per heavy atom. The van der Waals surface area contributed by atoms with Crippen molar-refractivity contribution in [2.24, 2.45) is 0 Å². The van der Waals surface area contributed by atoms with E-state index in [9.17, 15) is 9.59 Å². The highest BCUT2D eigenvalue weighted by Crippen LogP contribution is 2.39. The second-order valence-corrected chi connectivity index (χ2v) is 9.77. The summed E-state index contributed by atoms with van der Waals surface area (Å²) in [4.78, 5) is 35.8. The van der Waals surface area contributed by atoms with Crippen molar-refractivity contribution in [1.82, 2.24) is 14.9 Å². The molecule has 0 saturated carbocycles. The number of unbranched alkanes of at least 4 members (excludes halogenated alkanes) is 1. The number of rotatable bonds is 7. The number of aromatic amines is 1. The summed E-state index contributed by atoms with van der Waals surface area (Å²) in [5.41, 5.74) is 1.70. The topological polar surface area (TPSA) is 87.8 Å². The van der Waals surface area contributed by atoms with Gasteiger partial charge in [0.1, 0.15) is 11.4 Å². The summed E-state index contributed by atoms with van der Waals surface area (Å²) in [5, 5.41) is 0.885. The number of aromatic nitrogens is 2. The fourth-order valence-electron chi connectivity index (χ4n) is 4.69. The quantitative estimate of drug-likeness (QED) is 0.524. The van der Waals surface area contributed by atoms with Gasteiger partial charge in [-0.25, -0.2) is 0 Å². The van der Waals surface area contributed by atoms with Crippen LogP contribution >= 0.6 is 0 Å². The van der Waals surface area contributed by atoms with Crippen LogP contribution < -0.4 is 19.9 Å². The molecule has 2 aliphatic rings. The van der Waals surface area contributed by atoms with Gasteiger partial charge in [-0.3, -0.25) is 14.5 Å². The minimum Gasteiger partial charge on any atom is -0.478 e. The zero-order valence-corrected chi connectivity index (χ0v) is 20.4. The molecule has 35 heavy (non-hydrogen) atoms. The SMILES string of the molecule is CC1(C)Oc2c(cccc2N2CCN(CCCCOc3ccc4ccc(=O)[nH]c4n3)CC2)CC1=O. The lowest BCUT2D eigenvalue weighted by Crippen LogP contribution is -2.48. The summed E-state index contributed by atoms with van der Waals surface area (Å²) < 4.78 is 12.0. The van der Waals surface area contributed by atoms with Crippen molar-refractivity contribution < 1.29 is 14.3 Å². The van der Waals surface area contributed by atoms with E-state index < -0.39 is 5.60 Å². The molecule has 3 aromatic rings. The highest BCUT2D eigenvalue weighted by atomic mass is 16.5. The van der Waals surface area contributed by atoms with Gasteiger partial charge in [0.25, 0.3) is 0 Å². The van der Waals surface area contributed by atoms with E-state index >= 15 is 0 Å². The monoisotopic (exact) mass is 476 g/mol. The first-order valence-corrected chi connectivity index (χ1v) is 12.3. The lowest BCUT2D eigenvalue weighted by atomic mass is 9.92. The van der Waals surface area contributed by atoms with E-state index in [1.165, 1.54) is 6.07 Å². The highest BCUT2D eigenvalue weighted by Gasteiger charge is 2.37. The van der Waals surface area contributed by atoms with Crippen molar-refractivity contribution in [3.63, 3.8) is 0 Å². The number of pyridine rings is 2. The summed E-state index contributed by atoms with van der Waals surface area (Å²) in [6.45, 7) is 9.19. The molecule has 2 aliphatic heterocycles. The molecule has 0 aliphatic carbocycles. The number of ketones is 1. The molecule has 1 aromatic carbocycles. The summed E-state index contributed by atoms with van der Waals surface area (Å²) in [7, 11) is 0. The molecule has 8 nitrogen and oxygen atoms in total. The number of para-hydroxylation sites is 1. The number of piperazine rings is 1. The number of benzene rings is 1. The van der Waals surface area contributed by atoms with Gasteiger partial charge in [0.2, 0.25) is 11.4 Å². The normalized spacial score (nSPS) is 17.8. The van der Waals surface area contributed by atoms with Crippen LogP contribution in [0.1, 0.15) is 32.3 Å². The molecular formula is C27H32N4O4. The van der Waals surface area contributed by atoms with Gasteiger partial charge in [0, 0.05) is 55.7 Å². The third kappa shape index (κ3) is 5.17. The number of H-pyrrole nitrogens is 1. The Hall–Kier alpha value is -3.39. The molecule has 0 radical (unpaired) electrons. The molecule has 0 unspecified atom stereocenters. The number of ether oxygens (including phenoxy) is 2. The number of Topliss-reactive ketones (excluding diaryl/α,β-unsaturated/α-hetero) is 1. The van der Waals surface area contributed by atoms with Crippen LogP contribution in [0.25, 0.3) is 11.0 Å². The molecule has 1 fully saturated rings. The van der Waals surface area contributed by atoms with Crippen LogP contribution in [0.3, 0.4) is 0 Å². The van der Waals surface area contributed by atoms with Crippen molar-refractivity contribution in [3.8, 4) is 11.6 Å². The molecule has 1 saturated heterocycles. The highest BCUT2D eigenvalue weighted by molar-refractivity contribution is 5.92. The minimum absolute atomic E-state index is 0.127. The molecule has 4 heterocycles. The van der Waals surface area contributed by atoms with Crippen molar-refractivity contribution in [1.29, 1.82) is 0 Å². The largest absolute Gasteiger partial charge is 0.478 e. The van der Waals surface area contributed by atoms with Crippen molar-refractivity contribution >= 4 is 22.5 Å².